The largest absolute Gasteiger partial charge is 0.493 e. The van der Waals surface area contributed by atoms with E-state index in [1.54, 1.807) is 31.5 Å². The van der Waals surface area contributed by atoms with Crippen molar-refractivity contribution in [3.05, 3.63) is 72.3 Å². The molecule has 0 spiro atoms. The van der Waals surface area contributed by atoms with Crippen molar-refractivity contribution in [2.45, 2.75) is 38.0 Å². The van der Waals surface area contributed by atoms with Gasteiger partial charge in [0.1, 0.15) is 13.2 Å². The second-order valence-corrected chi connectivity index (χ2v) is 8.68. The zero-order valence-electron chi connectivity index (χ0n) is 19.5. The van der Waals surface area contributed by atoms with E-state index < -0.39 is 11.4 Å². The van der Waals surface area contributed by atoms with Crippen LogP contribution >= 0.6 is 0 Å². The topological polar surface area (TPSA) is 69.0 Å². The second kappa shape index (κ2) is 11.4. The third-order valence-electron chi connectivity index (χ3n) is 6.11. The van der Waals surface area contributed by atoms with Crippen molar-refractivity contribution in [1.29, 1.82) is 0 Å². The van der Waals surface area contributed by atoms with E-state index in [4.69, 9.17) is 14.2 Å². The van der Waals surface area contributed by atoms with Crippen LogP contribution in [0.4, 0.5) is 4.39 Å². The molecule has 0 radical (unpaired) electrons. The van der Waals surface area contributed by atoms with Crippen LogP contribution in [0.15, 0.2) is 60.9 Å². The average molecular weight is 470 g/mol. The summed E-state index contributed by atoms with van der Waals surface area (Å²) in [5, 5.41) is 15.2. The monoisotopic (exact) mass is 469 g/mol. The molecule has 2 heterocycles. The van der Waals surface area contributed by atoms with Crippen molar-refractivity contribution in [2.75, 3.05) is 33.4 Å². The van der Waals surface area contributed by atoms with Gasteiger partial charge in [0.15, 0.2) is 23.1 Å². The first-order chi connectivity index (χ1) is 16.5. The standard InChI is InChI=1S/C26H32FN3O4/c1-32-25-18-21(8-9-24(25)33-17-16-30-14-5-12-28-30)19-29-13-4-10-26(31,11-15-29)20-34-23-7-3-2-6-22(23)27/h2-3,5-9,12,14,18,31H,4,10-11,13,15-17,19-20H2,1H3/t26-/m0/s1. The number of likely N-dealkylation sites (tertiary alicyclic amines) is 1. The molecule has 0 saturated carbocycles. The van der Waals surface area contributed by atoms with Gasteiger partial charge in [-0.05, 0) is 61.7 Å². The maximum absolute atomic E-state index is 13.8. The molecule has 0 bridgehead atoms. The van der Waals surface area contributed by atoms with E-state index in [1.807, 2.05) is 35.1 Å². The fourth-order valence-corrected chi connectivity index (χ4v) is 4.18. The predicted octanol–water partition coefficient (Wildman–Crippen LogP) is 3.91. The zero-order valence-corrected chi connectivity index (χ0v) is 19.5. The van der Waals surface area contributed by atoms with Gasteiger partial charge >= 0.3 is 0 Å². The summed E-state index contributed by atoms with van der Waals surface area (Å²) in [7, 11) is 1.64. The number of rotatable bonds is 10. The minimum absolute atomic E-state index is 0.0835. The van der Waals surface area contributed by atoms with Crippen LogP contribution in [-0.4, -0.2) is 58.8 Å². The number of halogens is 1. The van der Waals surface area contributed by atoms with E-state index in [2.05, 4.69) is 10.00 Å². The molecular weight excluding hydrogens is 437 g/mol. The molecule has 4 rings (SSSR count). The van der Waals surface area contributed by atoms with Crippen molar-refractivity contribution in [3.63, 3.8) is 0 Å². The van der Waals surface area contributed by atoms with Crippen molar-refractivity contribution in [2.24, 2.45) is 0 Å². The van der Waals surface area contributed by atoms with Crippen LogP contribution in [0.2, 0.25) is 0 Å². The number of hydrogen-bond acceptors (Lipinski definition) is 6. The van der Waals surface area contributed by atoms with Crippen molar-refractivity contribution < 1.29 is 23.7 Å². The van der Waals surface area contributed by atoms with Gasteiger partial charge in [-0.3, -0.25) is 9.58 Å². The van der Waals surface area contributed by atoms with Gasteiger partial charge in [-0.15, -0.1) is 0 Å². The van der Waals surface area contributed by atoms with Crippen LogP contribution in [0.3, 0.4) is 0 Å². The number of hydrogen-bond donors (Lipinski definition) is 1. The molecule has 1 atom stereocenters. The lowest BCUT2D eigenvalue weighted by Gasteiger charge is -2.27. The summed E-state index contributed by atoms with van der Waals surface area (Å²) in [4.78, 5) is 2.31. The molecule has 8 heteroatoms. The normalized spacial score (nSPS) is 18.9. The number of benzene rings is 2. The maximum atomic E-state index is 13.8. The number of ether oxygens (including phenoxy) is 3. The molecule has 1 aliphatic heterocycles. The summed E-state index contributed by atoms with van der Waals surface area (Å²) in [5.74, 6) is 1.16. The van der Waals surface area contributed by atoms with Gasteiger partial charge in [0.05, 0.1) is 19.3 Å². The Bertz CT molecular complexity index is 1050. The van der Waals surface area contributed by atoms with Gasteiger partial charge in [0.25, 0.3) is 0 Å². The molecular formula is C26H32FN3O4. The van der Waals surface area contributed by atoms with Crippen LogP contribution in [0, 0.1) is 5.82 Å². The summed E-state index contributed by atoms with van der Waals surface area (Å²) < 4.78 is 32.7. The highest BCUT2D eigenvalue weighted by Gasteiger charge is 2.31. The van der Waals surface area contributed by atoms with Crippen LogP contribution in [0.1, 0.15) is 24.8 Å². The van der Waals surface area contributed by atoms with Gasteiger partial charge < -0.3 is 19.3 Å². The number of para-hydroxylation sites is 1. The first kappa shape index (κ1) is 24.0. The lowest BCUT2D eigenvalue weighted by atomic mass is 9.96. The maximum Gasteiger partial charge on any atom is 0.165 e. The quantitative estimate of drug-likeness (QED) is 0.486. The molecule has 3 aromatic rings. The summed E-state index contributed by atoms with van der Waals surface area (Å²) >= 11 is 0. The first-order valence-electron chi connectivity index (χ1n) is 11.6. The summed E-state index contributed by atoms with van der Waals surface area (Å²) in [6.07, 6.45) is 5.66. The fourth-order valence-electron chi connectivity index (χ4n) is 4.18. The fraction of sp³-hybridized carbons (Fsp3) is 0.423. The van der Waals surface area contributed by atoms with Gasteiger partial charge in [0, 0.05) is 25.5 Å². The molecule has 1 fully saturated rings. The molecule has 2 aromatic carbocycles. The number of aliphatic hydroxyl groups is 1. The van der Waals surface area contributed by atoms with Gasteiger partial charge in [-0.2, -0.15) is 5.10 Å². The number of methoxy groups -OCH3 is 1. The molecule has 1 aromatic heterocycles. The van der Waals surface area contributed by atoms with Crippen LogP contribution < -0.4 is 14.2 Å². The molecule has 182 valence electrons. The molecule has 1 N–H and O–H groups in total. The van der Waals surface area contributed by atoms with E-state index in [1.165, 1.54) is 6.07 Å². The van der Waals surface area contributed by atoms with E-state index in [9.17, 15) is 9.50 Å². The van der Waals surface area contributed by atoms with Crippen molar-refractivity contribution in [3.8, 4) is 17.2 Å². The Labute approximate surface area is 199 Å². The van der Waals surface area contributed by atoms with Gasteiger partial charge in [-0.1, -0.05) is 18.2 Å². The highest BCUT2D eigenvalue weighted by Crippen LogP contribution is 2.30. The molecule has 7 nitrogen and oxygen atoms in total. The first-order valence-corrected chi connectivity index (χ1v) is 11.6. The highest BCUT2D eigenvalue weighted by molar-refractivity contribution is 5.43. The minimum atomic E-state index is -0.971. The van der Waals surface area contributed by atoms with Gasteiger partial charge in [-0.25, -0.2) is 4.39 Å². The van der Waals surface area contributed by atoms with E-state index in [0.29, 0.717) is 37.5 Å². The molecule has 1 aliphatic rings. The van der Waals surface area contributed by atoms with Crippen LogP contribution in [0.5, 0.6) is 17.2 Å². The summed E-state index contributed by atoms with van der Waals surface area (Å²) in [6, 6.07) is 14.2. The smallest absolute Gasteiger partial charge is 0.165 e. The van der Waals surface area contributed by atoms with Crippen molar-refractivity contribution in [1.82, 2.24) is 14.7 Å². The molecule has 34 heavy (non-hydrogen) atoms. The Balaban J connectivity index is 1.29. The SMILES string of the molecule is COc1cc(CN2CCC[C@@](O)(COc3ccccc3F)CC2)ccc1OCCn1cccn1. The average Bonchev–Trinajstić information content (AvgIpc) is 3.29. The molecule has 0 unspecified atom stereocenters. The summed E-state index contributed by atoms with van der Waals surface area (Å²) in [5.41, 5.74) is 0.144. The Morgan fingerprint density at radius 3 is 2.71 bits per heavy atom. The second-order valence-electron chi connectivity index (χ2n) is 8.68. The lowest BCUT2D eigenvalue weighted by molar-refractivity contribution is -0.0177. The zero-order chi connectivity index (χ0) is 23.8. The highest BCUT2D eigenvalue weighted by atomic mass is 19.1. The lowest BCUT2D eigenvalue weighted by Crippen LogP contribution is -2.37. The van der Waals surface area contributed by atoms with Gasteiger partial charge in [0.2, 0.25) is 0 Å². The Hall–Kier alpha value is -3.10. The molecule has 1 saturated heterocycles. The molecule has 0 amide bonds. The van der Waals surface area contributed by atoms with E-state index >= 15 is 0 Å². The Morgan fingerprint density at radius 1 is 1.03 bits per heavy atom. The number of aromatic nitrogens is 2. The molecule has 0 aliphatic carbocycles. The van der Waals surface area contributed by atoms with E-state index in [-0.39, 0.29) is 12.4 Å². The predicted molar refractivity (Wildman–Crippen MR) is 127 cm³/mol. The van der Waals surface area contributed by atoms with Crippen LogP contribution in [0.25, 0.3) is 0 Å². The van der Waals surface area contributed by atoms with E-state index in [0.717, 1.165) is 31.6 Å². The number of nitrogens with zero attached hydrogens (tertiary/aromatic N) is 3. The third-order valence-corrected chi connectivity index (χ3v) is 6.11. The van der Waals surface area contributed by atoms with Crippen molar-refractivity contribution >= 4 is 0 Å². The minimum Gasteiger partial charge on any atom is -0.493 e. The summed E-state index contributed by atoms with van der Waals surface area (Å²) in [6.45, 7) is 3.58. The Kier molecular flexibility index (Phi) is 8.03. The van der Waals surface area contributed by atoms with Crippen LogP contribution in [-0.2, 0) is 13.1 Å². The Morgan fingerprint density at radius 2 is 1.91 bits per heavy atom. The third kappa shape index (κ3) is 6.48.